The number of nitrogens with zero attached hydrogens (tertiary/aromatic N) is 1. The summed E-state index contributed by atoms with van der Waals surface area (Å²) in [5, 5.41) is 13.5. The molecule has 1 saturated heterocycles. The van der Waals surface area contributed by atoms with Crippen LogP contribution < -0.4 is 10.6 Å². The van der Waals surface area contributed by atoms with Crippen LogP contribution in [0.3, 0.4) is 0 Å². The van der Waals surface area contributed by atoms with E-state index in [0.29, 0.717) is 12.8 Å². The van der Waals surface area contributed by atoms with E-state index in [4.69, 9.17) is 5.11 Å². The van der Waals surface area contributed by atoms with Crippen LogP contribution in [0.4, 0.5) is 4.79 Å². The fourth-order valence-electron chi connectivity index (χ4n) is 2.41. The molecule has 1 atom stereocenters. The minimum atomic E-state index is -0.871. The summed E-state index contributed by atoms with van der Waals surface area (Å²) < 4.78 is 0. The maximum atomic E-state index is 11.6. The zero-order chi connectivity index (χ0) is 15.7. The highest BCUT2D eigenvalue weighted by Gasteiger charge is 2.16. The van der Waals surface area contributed by atoms with E-state index >= 15 is 0 Å². The van der Waals surface area contributed by atoms with Gasteiger partial charge in [-0.05, 0) is 45.7 Å². The quantitative estimate of drug-likeness (QED) is 0.579. The summed E-state index contributed by atoms with van der Waals surface area (Å²) in [5.41, 5.74) is 0. The number of unbranched alkanes of at least 4 members (excludes halogenated alkanes) is 1. The molecule has 0 aromatic heterocycles. The van der Waals surface area contributed by atoms with Crippen LogP contribution in [-0.2, 0) is 9.59 Å². The molecule has 120 valence electrons. The van der Waals surface area contributed by atoms with Gasteiger partial charge in [-0.15, -0.1) is 0 Å². The summed E-state index contributed by atoms with van der Waals surface area (Å²) in [4.78, 5) is 35.7. The van der Waals surface area contributed by atoms with E-state index in [9.17, 15) is 14.4 Å². The van der Waals surface area contributed by atoms with Crippen LogP contribution in [0.25, 0.3) is 0 Å². The zero-order valence-electron chi connectivity index (χ0n) is 12.6. The summed E-state index contributed by atoms with van der Waals surface area (Å²) in [6, 6.07) is -0.493. The van der Waals surface area contributed by atoms with E-state index < -0.39 is 12.0 Å². The Morgan fingerprint density at radius 3 is 2.38 bits per heavy atom. The lowest BCUT2D eigenvalue weighted by molar-refractivity contribution is -0.137. The first-order valence-corrected chi connectivity index (χ1v) is 7.52. The van der Waals surface area contributed by atoms with E-state index in [0.717, 1.165) is 19.6 Å². The molecule has 0 aromatic rings. The SMILES string of the molecule is CC(CN1CCCC1)NC(=O)NC(=O)CCCCC(=O)O. The molecule has 0 radical (unpaired) electrons. The van der Waals surface area contributed by atoms with Gasteiger partial charge in [0.1, 0.15) is 0 Å². The van der Waals surface area contributed by atoms with Crippen molar-refractivity contribution >= 4 is 17.9 Å². The molecule has 1 aliphatic rings. The Balaban J connectivity index is 2.10. The highest BCUT2D eigenvalue weighted by molar-refractivity contribution is 5.94. The molecule has 0 bridgehead atoms. The Bertz CT molecular complexity index is 367. The number of hydrogen-bond acceptors (Lipinski definition) is 4. The molecule has 1 rings (SSSR count). The number of imide groups is 1. The molecule has 7 heteroatoms. The Labute approximate surface area is 125 Å². The third kappa shape index (κ3) is 8.29. The minimum absolute atomic E-state index is 0.0112. The van der Waals surface area contributed by atoms with Gasteiger partial charge >= 0.3 is 12.0 Å². The van der Waals surface area contributed by atoms with Crippen LogP contribution in [0.2, 0.25) is 0 Å². The normalized spacial score (nSPS) is 16.4. The van der Waals surface area contributed by atoms with Crippen LogP contribution in [0.1, 0.15) is 45.4 Å². The summed E-state index contributed by atoms with van der Waals surface area (Å²) in [7, 11) is 0. The topological polar surface area (TPSA) is 98.7 Å². The Morgan fingerprint density at radius 2 is 1.76 bits per heavy atom. The minimum Gasteiger partial charge on any atom is -0.481 e. The number of carbonyl (C=O) groups is 3. The third-order valence-electron chi connectivity index (χ3n) is 3.41. The average Bonchev–Trinajstić information content (AvgIpc) is 2.86. The van der Waals surface area contributed by atoms with Crippen LogP contribution in [0.5, 0.6) is 0 Å². The molecule has 1 heterocycles. The van der Waals surface area contributed by atoms with Gasteiger partial charge in [-0.25, -0.2) is 4.79 Å². The fourth-order valence-corrected chi connectivity index (χ4v) is 2.41. The van der Waals surface area contributed by atoms with Gasteiger partial charge in [0.25, 0.3) is 0 Å². The molecule has 1 fully saturated rings. The number of carbonyl (C=O) groups excluding carboxylic acids is 2. The number of carboxylic acids is 1. The largest absolute Gasteiger partial charge is 0.481 e. The third-order valence-corrected chi connectivity index (χ3v) is 3.41. The summed E-state index contributed by atoms with van der Waals surface area (Å²) in [6.07, 6.45) is 3.53. The lowest BCUT2D eigenvalue weighted by Gasteiger charge is -2.21. The first-order chi connectivity index (χ1) is 9.97. The van der Waals surface area contributed by atoms with Crippen molar-refractivity contribution in [2.24, 2.45) is 0 Å². The molecule has 0 saturated carbocycles. The maximum absolute atomic E-state index is 11.6. The number of hydrogen-bond donors (Lipinski definition) is 3. The lowest BCUT2D eigenvalue weighted by atomic mass is 10.2. The Kier molecular flexibility index (Phi) is 7.74. The smallest absolute Gasteiger partial charge is 0.321 e. The van der Waals surface area contributed by atoms with E-state index in [-0.39, 0.29) is 24.8 Å². The molecule has 1 unspecified atom stereocenters. The summed E-state index contributed by atoms with van der Waals surface area (Å²) in [6.45, 7) is 4.84. The predicted molar refractivity (Wildman–Crippen MR) is 77.9 cm³/mol. The van der Waals surface area contributed by atoms with Crippen molar-refractivity contribution in [3.8, 4) is 0 Å². The number of urea groups is 1. The number of amides is 3. The van der Waals surface area contributed by atoms with Crippen molar-refractivity contribution in [1.82, 2.24) is 15.5 Å². The Hall–Kier alpha value is -1.63. The molecule has 0 spiro atoms. The van der Waals surface area contributed by atoms with Crippen LogP contribution >= 0.6 is 0 Å². The second kappa shape index (κ2) is 9.33. The molecule has 1 aliphatic heterocycles. The van der Waals surface area contributed by atoms with Crippen molar-refractivity contribution in [2.75, 3.05) is 19.6 Å². The summed E-state index contributed by atoms with van der Waals surface area (Å²) in [5.74, 6) is -1.24. The van der Waals surface area contributed by atoms with Gasteiger partial charge in [0, 0.05) is 25.4 Å². The van der Waals surface area contributed by atoms with Crippen molar-refractivity contribution < 1.29 is 19.5 Å². The first-order valence-electron chi connectivity index (χ1n) is 7.52. The van der Waals surface area contributed by atoms with Crippen LogP contribution in [-0.4, -0.2) is 53.6 Å². The van der Waals surface area contributed by atoms with Crippen molar-refractivity contribution in [1.29, 1.82) is 0 Å². The highest BCUT2D eigenvalue weighted by Crippen LogP contribution is 2.07. The number of likely N-dealkylation sites (tertiary alicyclic amines) is 1. The van der Waals surface area contributed by atoms with Gasteiger partial charge in [0.05, 0.1) is 0 Å². The van der Waals surface area contributed by atoms with Crippen molar-refractivity contribution in [3.05, 3.63) is 0 Å². The van der Waals surface area contributed by atoms with Gasteiger partial charge in [0.15, 0.2) is 0 Å². The van der Waals surface area contributed by atoms with E-state index in [1.165, 1.54) is 12.8 Å². The predicted octanol–water partition coefficient (Wildman–Crippen LogP) is 0.941. The average molecular weight is 299 g/mol. The molecule has 3 N–H and O–H groups in total. The van der Waals surface area contributed by atoms with Gasteiger partial charge in [-0.1, -0.05) is 0 Å². The number of nitrogens with one attached hydrogen (secondary N) is 2. The standard InChI is InChI=1S/C14H25N3O4/c1-11(10-17-8-4-5-9-17)15-14(21)16-12(18)6-2-3-7-13(19)20/h11H,2-10H2,1H3,(H,19,20)(H2,15,16,18,21). The number of carboxylic acid groups (broad SMARTS) is 1. The van der Waals surface area contributed by atoms with Crippen molar-refractivity contribution in [2.45, 2.75) is 51.5 Å². The summed E-state index contributed by atoms with van der Waals surface area (Å²) >= 11 is 0. The van der Waals surface area contributed by atoms with Gasteiger partial charge in [-0.2, -0.15) is 0 Å². The van der Waals surface area contributed by atoms with Crippen molar-refractivity contribution in [3.63, 3.8) is 0 Å². The molecule has 7 nitrogen and oxygen atoms in total. The zero-order valence-corrected chi connectivity index (χ0v) is 12.6. The number of rotatable bonds is 8. The van der Waals surface area contributed by atoms with Gasteiger partial charge in [0.2, 0.25) is 5.91 Å². The lowest BCUT2D eigenvalue weighted by Crippen LogP contribution is -2.47. The van der Waals surface area contributed by atoms with E-state index in [2.05, 4.69) is 15.5 Å². The van der Waals surface area contributed by atoms with E-state index in [1.807, 2.05) is 6.92 Å². The van der Waals surface area contributed by atoms with Gasteiger partial charge in [-0.3, -0.25) is 14.9 Å². The molecule has 3 amide bonds. The second-order valence-electron chi connectivity index (χ2n) is 5.53. The molecule has 0 aromatic carbocycles. The maximum Gasteiger partial charge on any atom is 0.321 e. The molecular formula is C14H25N3O4. The molecular weight excluding hydrogens is 274 g/mol. The van der Waals surface area contributed by atoms with E-state index in [1.54, 1.807) is 0 Å². The number of aliphatic carboxylic acids is 1. The Morgan fingerprint density at radius 1 is 1.14 bits per heavy atom. The highest BCUT2D eigenvalue weighted by atomic mass is 16.4. The molecule has 21 heavy (non-hydrogen) atoms. The monoisotopic (exact) mass is 299 g/mol. The fraction of sp³-hybridized carbons (Fsp3) is 0.786. The first kappa shape index (κ1) is 17.4. The van der Waals surface area contributed by atoms with Gasteiger partial charge < -0.3 is 15.3 Å². The van der Waals surface area contributed by atoms with Crippen LogP contribution in [0, 0.1) is 0 Å². The van der Waals surface area contributed by atoms with Crippen LogP contribution in [0.15, 0.2) is 0 Å². The molecule has 0 aliphatic carbocycles. The second-order valence-corrected chi connectivity index (χ2v) is 5.53.